The van der Waals surface area contributed by atoms with Crippen LogP contribution < -0.4 is 9.47 Å². The van der Waals surface area contributed by atoms with Crippen LogP contribution in [0.15, 0.2) is 85.2 Å². The minimum atomic E-state index is 0.408. The van der Waals surface area contributed by atoms with E-state index in [1.807, 2.05) is 72.8 Å². The predicted octanol–water partition coefficient (Wildman–Crippen LogP) is 5.26. The lowest BCUT2D eigenvalue weighted by atomic mass is 10.1. The van der Waals surface area contributed by atoms with Crippen LogP contribution in [-0.4, -0.2) is 4.98 Å². The molecule has 0 spiro atoms. The molecule has 0 N–H and O–H groups in total. The molecule has 0 unspecified atom stereocenters. The third-order valence-corrected chi connectivity index (χ3v) is 4.40. The quantitative estimate of drug-likeness (QED) is 0.467. The first-order chi connectivity index (χ1) is 13.8. The maximum atomic E-state index is 9.49. The number of pyridine rings is 1. The fraction of sp³-hybridized carbons (Fsp3) is 0.0833. The van der Waals surface area contributed by atoms with Crippen LogP contribution in [0.4, 0.5) is 0 Å². The standard InChI is InChI=1S/C24H18N2O2/c25-13-21-15-26-14-20-11-22(27-16-18-7-3-1-4-8-18)12-23(24(20)21)28-17-19-9-5-2-6-10-19/h1-12,14-15H,16-17H2. The Kier molecular flexibility index (Phi) is 5.17. The van der Waals surface area contributed by atoms with Gasteiger partial charge in [-0.05, 0) is 17.2 Å². The van der Waals surface area contributed by atoms with Crippen LogP contribution in [0, 0.1) is 11.3 Å². The van der Waals surface area contributed by atoms with Gasteiger partial charge in [-0.3, -0.25) is 4.98 Å². The second-order valence-corrected chi connectivity index (χ2v) is 6.37. The average molecular weight is 366 g/mol. The molecule has 0 bridgehead atoms. The highest BCUT2D eigenvalue weighted by Gasteiger charge is 2.12. The van der Waals surface area contributed by atoms with Crippen molar-refractivity contribution in [2.75, 3.05) is 0 Å². The van der Waals surface area contributed by atoms with Gasteiger partial charge in [0.25, 0.3) is 0 Å². The molecule has 4 heteroatoms. The fourth-order valence-corrected chi connectivity index (χ4v) is 3.02. The van der Waals surface area contributed by atoms with Gasteiger partial charge in [-0.1, -0.05) is 60.7 Å². The average Bonchev–Trinajstić information content (AvgIpc) is 2.77. The Morgan fingerprint density at radius 3 is 2.07 bits per heavy atom. The first kappa shape index (κ1) is 17.6. The third kappa shape index (κ3) is 3.94. The maximum Gasteiger partial charge on any atom is 0.132 e. The maximum absolute atomic E-state index is 9.49. The predicted molar refractivity (Wildman–Crippen MR) is 108 cm³/mol. The molecule has 1 heterocycles. The largest absolute Gasteiger partial charge is 0.489 e. The monoisotopic (exact) mass is 366 g/mol. The summed E-state index contributed by atoms with van der Waals surface area (Å²) >= 11 is 0. The summed E-state index contributed by atoms with van der Waals surface area (Å²) in [6, 6.07) is 25.8. The molecule has 28 heavy (non-hydrogen) atoms. The molecule has 0 aliphatic carbocycles. The lowest BCUT2D eigenvalue weighted by Crippen LogP contribution is -2.00. The van der Waals surface area contributed by atoms with Gasteiger partial charge in [0.05, 0.1) is 5.56 Å². The summed E-state index contributed by atoms with van der Waals surface area (Å²) in [5, 5.41) is 11.1. The number of rotatable bonds is 6. The molecule has 4 aromatic rings. The van der Waals surface area contributed by atoms with E-state index < -0.39 is 0 Å². The Bertz CT molecular complexity index is 1120. The zero-order chi connectivity index (χ0) is 19.2. The zero-order valence-corrected chi connectivity index (χ0v) is 15.2. The Balaban J connectivity index is 1.66. The van der Waals surface area contributed by atoms with Gasteiger partial charge in [-0.2, -0.15) is 5.26 Å². The minimum absolute atomic E-state index is 0.408. The van der Waals surface area contributed by atoms with Crippen LogP contribution in [0.25, 0.3) is 10.8 Å². The summed E-state index contributed by atoms with van der Waals surface area (Å²) in [5.41, 5.74) is 2.62. The lowest BCUT2D eigenvalue weighted by molar-refractivity contribution is 0.292. The SMILES string of the molecule is N#Cc1cncc2cc(OCc3ccccc3)cc(OCc3ccccc3)c12. The molecule has 0 saturated heterocycles. The molecule has 0 radical (unpaired) electrons. The van der Waals surface area contributed by atoms with Crippen molar-refractivity contribution in [3.05, 3.63) is 102 Å². The second kappa shape index (κ2) is 8.24. The van der Waals surface area contributed by atoms with Crippen LogP contribution in [0.2, 0.25) is 0 Å². The van der Waals surface area contributed by atoms with E-state index in [0.29, 0.717) is 30.3 Å². The van der Waals surface area contributed by atoms with E-state index in [9.17, 15) is 5.26 Å². The summed E-state index contributed by atoms with van der Waals surface area (Å²) < 4.78 is 12.1. The number of nitrogens with zero attached hydrogens (tertiary/aromatic N) is 2. The van der Waals surface area contributed by atoms with E-state index in [4.69, 9.17) is 9.47 Å². The number of nitriles is 1. The molecule has 0 saturated carbocycles. The number of hydrogen-bond acceptors (Lipinski definition) is 4. The Morgan fingerprint density at radius 2 is 1.43 bits per heavy atom. The number of aromatic nitrogens is 1. The number of ether oxygens (including phenoxy) is 2. The van der Waals surface area contributed by atoms with E-state index in [2.05, 4.69) is 11.1 Å². The molecule has 0 atom stereocenters. The summed E-state index contributed by atoms with van der Waals surface area (Å²) in [6.45, 7) is 0.862. The molecule has 0 amide bonds. The molecule has 3 aromatic carbocycles. The van der Waals surface area contributed by atoms with Crippen molar-refractivity contribution in [3.63, 3.8) is 0 Å². The number of fused-ring (bicyclic) bond motifs is 1. The highest BCUT2D eigenvalue weighted by molar-refractivity contribution is 5.93. The highest BCUT2D eigenvalue weighted by atomic mass is 16.5. The molecule has 136 valence electrons. The van der Waals surface area contributed by atoms with Gasteiger partial charge >= 0.3 is 0 Å². The van der Waals surface area contributed by atoms with E-state index in [1.165, 1.54) is 0 Å². The van der Waals surface area contributed by atoms with E-state index in [1.54, 1.807) is 12.4 Å². The molecular formula is C24H18N2O2. The fourth-order valence-electron chi connectivity index (χ4n) is 3.02. The Morgan fingerprint density at radius 1 is 0.786 bits per heavy atom. The summed E-state index contributed by atoms with van der Waals surface area (Å²) in [6.07, 6.45) is 3.28. The molecule has 1 aromatic heterocycles. The first-order valence-electron chi connectivity index (χ1n) is 8.99. The van der Waals surface area contributed by atoms with Crippen molar-refractivity contribution in [2.24, 2.45) is 0 Å². The topological polar surface area (TPSA) is 55.1 Å². The normalized spacial score (nSPS) is 10.4. The van der Waals surface area contributed by atoms with Crippen LogP contribution >= 0.6 is 0 Å². The van der Waals surface area contributed by atoms with Gasteiger partial charge in [-0.25, -0.2) is 0 Å². The first-order valence-corrected chi connectivity index (χ1v) is 8.99. The Hall–Kier alpha value is -3.84. The summed E-state index contributed by atoms with van der Waals surface area (Å²) in [7, 11) is 0. The molecule has 4 nitrogen and oxygen atoms in total. The van der Waals surface area contributed by atoms with Crippen molar-refractivity contribution in [1.29, 1.82) is 5.26 Å². The molecule has 0 fully saturated rings. The van der Waals surface area contributed by atoms with Crippen molar-refractivity contribution >= 4 is 10.8 Å². The number of benzene rings is 3. The lowest BCUT2D eigenvalue weighted by Gasteiger charge is -2.14. The van der Waals surface area contributed by atoms with Gasteiger partial charge in [0.2, 0.25) is 0 Å². The van der Waals surface area contributed by atoms with E-state index in [-0.39, 0.29) is 0 Å². The molecule has 4 rings (SSSR count). The Labute approximate surface area is 163 Å². The molecule has 0 aliphatic heterocycles. The molecular weight excluding hydrogens is 348 g/mol. The van der Waals surface area contributed by atoms with Gasteiger partial charge in [0.15, 0.2) is 0 Å². The van der Waals surface area contributed by atoms with Crippen LogP contribution in [0.3, 0.4) is 0 Å². The number of hydrogen-bond donors (Lipinski definition) is 0. The van der Waals surface area contributed by atoms with Crippen LogP contribution in [0.5, 0.6) is 11.5 Å². The van der Waals surface area contributed by atoms with Crippen molar-refractivity contribution in [3.8, 4) is 17.6 Å². The minimum Gasteiger partial charge on any atom is -0.489 e. The van der Waals surface area contributed by atoms with E-state index >= 15 is 0 Å². The third-order valence-electron chi connectivity index (χ3n) is 4.40. The van der Waals surface area contributed by atoms with Gasteiger partial charge in [0, 0.05) is 29.2 Å². The van der Waals surface area contributed by atoms with Crippen molar-refractivity contribution < 1.29 is 9.47 Å². The van der Waals surface area contributed by atoms with E-state index in [0.717, 1.165) is 21.9 Å². The second-order valence-electron chi connectivity index (χ2n) is 6.37. The molecule has 0 aliphatic rings. The highest BCUT2D eigenvalue weighted by Crippen LogP contribution is 2.34. The zero-order valence-electron chi connectivity index (χ0n) is 15.2. The van der Waals surface area contributed by atoms with Gasteiger partial charge in [0.1, 0.15) is 30.8 Å². The van der Waals surface area contributed by atoms with Crippen LogP contribution in [0.1, 0.15) is 16.7 Å². The van der Waals surface area contributed by atoms with Crippen molar-refractivity contribution in [2.45, 2.75) is 13.2 Å². The smallest absolute Gasteiger partial charge is 0.132 e. The summed E-state index contributed by atoms with van der Waals surface area (Å²) in [5.74, 6) is 1.29. The van der Waals surface area contributed by atoms with Gasteiger partial charge in [-0.15, -0.1) is 0 Å². The van der Waals surface area contributed by atoms with Crippen molar-refractivity contribution in [1.82, 2.24) is 4.98 Å². The summed E-state index contributed by atoms with van der Waals surface area (Å²) in [4.78, 5) is 4.17. The van der Waals surface area contributed by atoms with Gasteiger partial charge < -0.3 is 9.47 Å². The van der Waals surface area contributed by atoms with Crippen LogP contribution in [-0.2, 0) is 13.2 Å².